The van der Waals surface area contributed by atoms with Gasteiger partial charge in [-0.25, -0.2) is 0 Å². The molecule has 0 atom stereocenters. The van der Waals surface area contributed by atoms with Gasteiger partial charge in [0, 0.05) is 41.3 Å². The van der Waals surface area contributed by atoms with E-state index in [1.807, 2.05) is 37.3 Å². The fraction of sp³-hybridized carbons (Fsp3) is 0.355. The fourth-order valence-electron chi connectivity index (χ4n) is 4.90. The molecule has 2 amide bonds. The number of anilines is 3. The predicted molar refractivity (Wildman–Crippen MR) is 156 cm³/mol. The smallest absolute Gasteiger partial charge is 0.255 e. The lowest BCUT2D eigenvalue weighted by Gasteiger charge is -2.29. The summed E-state index contributed by atoms with van der Waals surface area (Å²) >= 11 is 0. The van der Waals surface area contributed by atoms with Crippen molar-refractivity contribution >= 4 is 28.9 Å². The molecule has 3 aromatic rings. The Labute approximate surface area is 234 Å². The molecule has 2 saturated heterocycles. The lowest BCUT2D eigenvalue weighted by Crippen LogP contribution is -2.36. The van der Waals surface area contributed by atoms with Crippen LogP contribution in [0.5, 0.6) is 11.5 Å². The van der Waals surface area contributed by atoms with Crippen molar-refractivity contribution in [2.75, 3.05) is 62.0 Å². The van der Waals surface area contributed by atoms with Gasteiger partial charge in [0.25, 0.3) is 11.8 Å². The number of benzene rings is 3. The molecule has 0 spiro atoms. The van der Waals surface area contributed by atoms with E-state index in [4.69, 9.17) is 14.2 Å². The second-order valence-electron chi connectivity index (χ2n) is 10.0. The number of piperidine rings is 1. The summed E-state index contributed by atoms with van der Waals surface area (Å²) in [5, 5.41) is 9.27. The molecule has 5 rings (SSSR count). The number of rotatable bonds is 8. The van der Waals surface area contributed by atoms with Crippen molar-refractivity contribution in [3.8, 4) is 11.5 Å². The SMILES string of the molecule is COc1ccc(C(=O)Nc2cc(NC(=O)c3cccc(N4CCOCC4)c3)ccc2C)cc1OC1CCNCC1. The third-order valence-electron chi connectivity index (χ3n) is 7.23. The van der Waals surface area contributed by atoms with E-state index in [1.54, 1.807) is 37.4 Å². The van der Waals surface area contributed by atoms with Crippen molar-refractivity contribution in [3.05, 3.63) is 77.4 Å². The Hall–Kier alpha value is -4.08. The van der Waals surface area contributed by atoms with E-state index < -0.39 is 0 Å². The van der Waals surface area contributed by atoms with Crippen LogP contribution >= 0.6 is 0 Å². The maximum absolute atomic E-state index is 13.2. The van der Waals surface area contributed by atoms with E-state index >= 15 is 0 Å². The van der Waals surface area contributed by atoms with Gasteiger partial charge in [0.1, 0.15) is 6.10 Å². The summed E-state index contributed by atoms with van der Waals surface area (Å²) in [5.41, 5.74) is 4.10. The first-order valence-corrected chi connectivity index (χ1v) is 13.7. The number of methoxy groups -OCH3 is 1. The van der Waals surface area contributed by atoms with E-state index in [1.165, 1.54) is 0 Å². The van der Waals surface area contributed by atoms with Crippen LogP contribution in [0, 0.1) is 6.92 Å². The predicted octanol–water partition coefficient (Wildman–Crippen LogP) is 4.48. The molecule has 0 radical (unpaired) electrons. The van der Waals surface area contributed by atoms with Crippen molar-refractivity contribution in [1.29, 1.82) is 0 Å². The molecular weight excluding hydrogens is 508 g/mol. The summed E-state index contributed by atoms with van der Waals surface area (Å²) in [5.74, 6) is 0.654. The van der Waals surface area contributed by atoms with Crippen LogP contribution < -0.4 is 30.3 Å². The van der Waals surface area contributed by atoms with Crippen molar-refractivity contribution in [1.82, 2.24) is 5.32 Å². The Bertz CT molecular complexity index is 1350. The zero-order valence-electron chi connectivity index (χ0n) is 23.0. The van der Waals surface area contributed by atoms with E-state index in [-0.39, 0.29) is 17.9 Å². The number of morpholine rings is 1. The average Bonchev–Trinajstić information content (AvgIpc) is 3.00. The zero-order chi connectivity index (χ0) is 27.9. The summed E-state index contributed by atoms with van der Waals surface area (Å²) in [6.07, 6.45) is 1.87. The molecule has 3 N–H and O–H groups in total. The minimum Gasteiger partial charge on any atom is -0.493 e. The molecule has 0 bridgehead atoms. The van der Waals surface area contributed by atoms with Crippen molar-refractivity contribution < 1.29 is 23.8 Å². The Kier molecular flexibility index (Phi) is 8.83. The van der Waals surface area contributed by atoms with E-state index in [0.29, 0.717) is 47.2 Å². The summed E-state index contributed by atoms with van der Waals surface area (Å²) in [7, 11) is 1.59. The minimum absolute atomic E-state index is 0.0746. The van der Waals surface area contributed by atoms with Gasteiger partial charge in [0.05, 0.1) is 20.3 Å². The van der Waals surface area contributed by atoms with Gasteiger partial charge in [0.2, 0.25) is 0 Å². The third-order valence-corrected chi connectivity index (χ3v) is 7.23. The minimum atomic E-state index is -0.275. The molecule has 0 unspecified atom stereocenters. The van der Waals surface area contributed by atoms with Crippen molar-refractivity contribution in [2.24, 2.45) is 0 Å². The van der Waals surface area contributed by atoms with Crippen LogP contribution in [0.25, 0.3) is 0 Å². The second kappa shape index (κ2) is 12.8. The molecule has 9 heteroatoms. The van der Waals surface area contributed by atoms with Gasteiger partial charge in [-0.1, -0.05) is 12.1 Å². The number of nitrogens with one attached hydrogen (secondary N) is 3. The number of hydrogen-bond acceptors (Lipinski definition) is 7. The molecule has 3 aromatic carbocycles. The van der Waals surface area contributed by atoms with Crippen LogP contribution in [-0.4, -0.2) is 64.4 Å². The molecule has 0 aromatic heterocycles. The Balaban J connectivity index is 1.27. The highest BCUT2D eigenvalue weighted by atomic mass is 16.5. The molecule has 40 heavy (non-hydrogen) atoms. The molecule has 9 nitrogen and oxygen atoms in total. The Morgan fingerprint density at radius 3 is 2.42 bits per heavy atom. The Morgan fingerprint density at radius 1 is 0.900 bits per heavy atom. The number of aryl methyl sites for hydroxylation is 1. The first-order chi connectivity index (χ1) is 19.5. The van der Waals surface area contributed by atoms with Crippen LogP contribution in [0.3, 0.4) is 0 Å². The molecule has 2 fully saturated rings. The molecule has 2 aliphatic rings. The van der Waals surface area contributed by atoms with Gasteiger partial charge in [0.15, 0.2) is 11.5 Å². The molecular formula is C31H36N4O5. The van der Waals surface area contributed by atoms with E-state index in [2.05, 4.69) is 20.9 Å². The monoisotopic (exact) mass is 544 g/mol. The first-order valence-electron chi connectivity index (χ1n) is 13.7. The standard InChI is InChI=1S/C31H36N4O5/c1-21-6-8-24(33-30(36)22-4-3-5-25(18-22)35-14-16-39-17-15-35)20-27(21)34-31(37)23-7-9-28(38-2)29(19-23)40-26-10-12-32-13-11-26/h3-9,18-20,26,32H,10-17H2,1-2H3,(H,33,36)(H,34,37). The second-order valence-corrected chi connectivity index (χ2v) is 10.0. The van der Waals surface area contributed by atoms with Gasteiger partial charge in [-0.05, 0) is 86.9 Å². The highest BCUT2D eigenvalue weighted by Crippen LogP contribution is 2.31. The molecule has 0 saturated carbocycles. The zero-order valence-corrected chi connectivity index (χ0v) is 23.0. The highest BCUT2D eigenvalue weighted by Gasteiger charge is 2.19. The topological polar surface area (TPSA) is 101 Å². The van der Waals surface area contributed by atoms with Crippen LogP contribution in [0.2, 0.25) is 0 Å². The largest absolute Gasteiger partial charge is 0.493 e. The molecule has 2 heterocycles. The number of carbonyl (C=O) groups is 2. The highest BCUT2D eigenvalue weighted by molar-refractivity contribution is 6.07. The Morgan fingerprint density at radius 2 is 1.65 bits per heavy atom. The van der Waals surface area contributed by atoms with Gasteiger partial charge in [-0.2, -0.15) is 0 Å². The summed E-state index contributed by atoms with van der Waals surface area (Å²) in [6.45, 7) is 6.66. The normalized spacial score (nSPS) is 15.8. The fourth-order valence-corrected chi connectivity index (χ4v) is 4.90. The molecule has 0 aliphatic carbocycles. The van der Waals surface area contributed by atoms with Crippen LogP contribution in [-0.2, 0) is 4.74 Å². The molecule has 210 valence electrons. The lowest BCUT2D eigenvalue weighted by molar-refractivity contribution is 0.101. The summed E-state index contributed by atoms with van der Waals surface area (Å²) in [6, 6.07) is 18.2. The maximum Gasteiger partial charge on any atom is 0.255 e. The van der Waals surface area contributed by atoms with Gasteiger partial charge in [-0.3, -0.25) is 9.59 Å². The summed E-state index contributed by atoms with van der Waals surface area (Å²) < 4.78 is 17.1. The number of nitrogens with zero attached hydrogens (tertiary/aromatic N) is 1. The van der Waals surface area contributed by atoms with Crippen molar-refractivity contribution in [2.45, 2.75) is 25.9 Å². The maximum atomic E-state index is 13.2. The third kappa shape index (κ3) is 6.73. The summed E-state index contributed by atoms with van der Waals surface area (Å²) in [4.78, 5) is 28.5. The number of ether oxygens (including phenoxy) is 3. The number of amides is 2. The average molecular weight is 545 g/mol. The van der Waals surface area contributed by atoms with Gasteiger partial charge in [-0.15, -0.1) is 0 Å². The van der Waals surface area contributed by atoms with Crippen LogP contribution in [0.15, 0.2) is 60.7 Å². The molecule has 2 aliphatic heterocycles. The number of hydrogen-bond donors (Lipinski definition) is 3. The lowest BCUT2D eigenvalue weighted by atomic mass is 10.1. The van der Waals surface area contributed by atoms with Gasteiger partial charge >= 0.3 is 0 Å². The number of carbonyl (C=O) groups excluding carboxylic acids is 2. The quantitative estimate of drug-likeness (QED) is 0.385. The first kappa shape index (κ1) is 27.5. The van der Waals surface area contributed by atoms with Crippen molar-refractivity contribution in [3.63, 3.8) is 0 Å². The van der Waals surface area contributed by atoms with Crippen LogP contribution in [0.4, 0.5) is 17.1 Å². The van der Waals surface area contributed by atoms with E-state index in [9.17, 15) is 9.59 Å². The van der Waals surface area contributed by atoms with E-state index in [0.717, 1.165) is 50.3 Å². The van der Waals surface area contributed by atoms with Crippen LogP contribution in [0.1, 0.15) is 39.1 Å². The van der Waals surface area contributed by atoms with Gasteiger partial charge < -0.3 is 35.1 Å².